The van der Waals surface area contributed by atoms with Gasteiger partial charge in [-0.25, -0.2) is 4.79 Å². The molecule has 4 fully saturated rings. The van der Waals surface area contributed by atoms with Crippen LogP contribution in [0.25, 0.3) is 0 Å². The van der Waals surface area contributed by atoms with Crippen molar-refractivity contribution in [3.63, 3.8) is 0 Å². The number of nitrogens with one attached hydrogen (secondary N) is 1. The van der Waals surface area contributed by atoms with Gasteiger partial charge in [0.05, 0.1) is 12.8 Å². The number of aliphatic hydroxyl groups is 1. The minimum Gasteiger partial charge on any atom is -0.446 e. The van der Waals surface area contributed by atoms with E-state index in [2.05, 4.69) is 19.2 Å². The van der Waals surface area contributed by atoms with Crippen molar-refractivity contribution in [1.29, 1.82) is 0 Å². The van der Waals surface area contributed by atoms with E-state index in [1.807, 2.05) is 0 Å². The average Bonchev–Trinajstić information content (AvgIpc) is 2.99. The van der Waals surface area contributed by atoms with Gasteiger partial charge in [0, 0.05) is 12.0 Å². The molecule has 0 unspecified atom stereocenters. The van der Waals surface area contributed by atoms with E-state index in [4.69, 9.17) is 4.74 Å². The van der Waals surface area contributed by atoms with Crippen molar-refractivity contribution >= 4 is 6.09 Å². The van der Waals surface area contributed by atoms with E-state index < -0.39 is 6.67 Å². The molecule has 8 atom stereocenters. The molecule has 4 nitrogen and oxygen atoms in total. The van der Waals surface area contributed by atoms with Gasteiger partial charge < -0.3 is 15.2 Å². The number of hydrogen-bond acceptors (Lipinski definition) is 3. The Morgan fingerprint density at radius 1 is 1.07 bits per heavy atom. The predicted octanol–water partition coefficient (Wildman–Crippen LogP) is 4.84. The highest BCUT2D eigenvalue weighted by Crippen LogP contribution is 2.66. The molecule has 4 aliphatic rings. The zero-order chi connectivity index (χ0) is 19.9. The third-order valence-electron chi connectivity index (χ3n) is 9.38. The highest BCUT2D eigenvalue weighted by atomic mass is 19.1. The van der Waals surface area contributed by atoms with E-state index in [1.165, 1.54) is 25.7 Å². The van der Waals surface area contributed by atoms with Crippen LogP contribution in [0.3, 0.4) is 0 Å². The van der Waals surface area contributed by atoms with E-state index >= 15 is 0 Å². The van der Waals surface area contributed by atoms with Crippen molar-refractivity contribution in [3.8, 4) is 0 Å². The number of carbonyl (C=O) groups excluding carboxylic acids is 1. The first kappa shape index (κ1) is 20.4. The number of aliphatic hydroxyl groups excluding tert-OH is 1. The summed E-state index contributed by atoms with van der Waals surface area (Å²) in [4.78, 5) is 12.2. The predicted molar refractivity (Wildman–Crippen MR) is 107 cm³/mol. The molecule has 4 saturated carbocycles. The van der Waals surface area contributed by atoms with Crippen LogP contribution in [-0.2, 0) is 4.74 Å². The zero-order valence-electron chi connectivity index (χ0n) is 17.6. The summed E-state index contributed by atoms with van der Waals surface area (Å²) in [6.45, 7) is 4.78. The summed E-state index contributed by atoms with van der Waals surface area (Å²) in [5.41, 5.74) is 0.460. The number of hydrogen-bond donors (Lipinski definition) is 2. The fourth-order valence-corrected chi connectivity index (χ4v) is 7.81. The van der Waals surface area contributed by atoms with Gasteiger partial charge >= 0.3 is 6.09 Å². The second-order valence-corrected chi connectivity index (χ2v) is 10.6. The van der Waals surface area contributed by atoms with Gasteiger partial charge in [-0.3, -0.25) is 4.39 Å². The number of ether oxygens (including phenoxy) is 1. The molecule has 160 valence electrons. The lowest BCUT2D eigenvalue weighted by atomic mass is 9.45. The minimum absolute atomic E-state index is 0.0115. The summed E-state index contributed by atoms with van der Waals surface area (Å²) >= 11 is 0. The maximum Gasteiger partial charge on any atom is 0.407 e. The molecule has 4 aliphatic carbocycles. The average molecular weight is 396 g/mol. The number of alkyl carbamates (subject to hydrolysis) is 1. The Labute approximate surface area is 169 Å². The van der Waals surface area contributed by atoms with E-state index in [9.17, 15) is 14.3 Å². The molecule has 0 aliphatic heterocycles. The molecular formula is C23H38FNO3. The number of amides is 1. The zero-order valence-corrected chi connectivity index (χ0v) is 17.6. The molecule has 0 saturated heterocycles. The quantitative estimate of drug-likeness (QED) is 0.670. The minimum atomic E-state index is -0.413. The standard InChI is InChI=1S/C23H38FNO3/c1-22-10-8-16(26)14-15(22)4-5-17-18-6-7-20(23(18,2)11-9-19(17)22)28-21(27)25-13-3-12-24/h15-20,26H,3-14H2,1-2H3,(H,25,27)/t15-,16+,17-,18-,19-,20-,22-,23-/m0/s1. The van der Waals surface area contributed by atoms with Gasteiger partial charge in [-0.05, 0) is 93.3 Å². The molecule has 4 rings (SSSR count). The van der Waals surface area contributed by atoms with Gasteiger partial charge in [-0.1, -0.05) is 13.8 Å². The number of alkyl halides is 1. The lowest BCUT2D eigenvalue weighted by Gasteiger charge is -2.60. The summed E-state index contributed by atoms with van der Waals surface area (Å²) < 4.78 is 18.1. The van der Waals surface area contributed by atoms with Crippen LogP contribution in [0.15, 0.2) is 0 Å². The first-order valence-electron chi connectivity index (χ1n) is 11.6. The van der Waals surface area contributed by atoms with Crippen LogP contribution >= 0.6 is 0 Å². The van der Waals surface area contributed by atoms with E-state index in [1.54, 1.807) is 0 Å². The van der Waals surface area contributed by atoms with E-state index in [-0.39, 0.29) is 23.7 Å². The molecule has 0 spiro atoms. The SMILES string of the molecule is C[C@]12CC[C@@H](O)C[C@@H]1CC[C@@H]1[C@@H]2CC[C@]2(C)[C@@H](OC(=O)NCCCF)CC[C@@H]12. The van der Waals surface area contributed by atoms with Crippen LogP contribution < -0.4 is 5.32 Å². The van der Waals surface area contributed by atoms with Gasteiger partial charge in [-0.2, -0.15) is 0 Å². The smallest absolute Gasteiger partial charge is 0.407 e. The molecule has 5 heteroatoms. The normalized spacial score (nSPS) is 47.6. The largest absolute Gasteiger partial charge is 0.446 e. The van der Waals surface area contributed by atoms with Crippen LogP contribution in [0.1, 0.15) is 78.1 Å². The van der Waals surface area contributed by atoms with Crippen LogP contribution in [0.2, 0.25) is 0 Å². The first-order chi connectivity index (χ1) is 13.4. The van der Waals surface area contributed by atoms with Gasteiger partial charge in [0.1, 0.15) is 6.10 Å². The van der Waals surface area contributed by atoms with Gasteiger partial charge in [0.2, 0.25) is 0 Å². The van der Waals surface area contributed by atoms with Crippen LogP contribution in [-0.4, -0.2) is 36.6 Å². The van der Waals surface area contributed by atoms with Crippen molar-refractivity contribution in [2.45, 2.75) is 90.3 Å². The fraction of sp³-hybridized carbons (Fsp3) is 0.957. The molecule has 0 bridgehead atoms. The molecular weight excluding hydrogens is 357 g/mol. The van der Waals surface area contributed by atoms with Gasteiger partial charge in [0.15, 0.2) is 0 Å². The van der Waals surface area contributed by atoms with Gasteiger partial charge in [0.25, 0.3) is 0 Å². The Morgan fingerprint density at radius 3 is 2.61 bits per heavy atom. The molecule has 0 heterocycles. The third-order valence-corrected chi connectivity index (χ3v) is 9.38. The molecule has 1 amide bonds. The van der Waals surface area contributed by atoms with E-state index in [0.717, 1.165) is 43.9 Å². The maximum absolute atomic E-state index is 12.3. The second-order valence-electron chi connectivity index (χ2n) is 10.6. The molecule has 0 aromatic carbocycles. The number of fused-ring (bicyclic) bond motifs is 5. The highest BCUT2D eigenvalue weighted by molar-refractivity contribution is 5.67. The van der Waals surface area contributed by atoms with Crippen LogP contribution in [0.4, 0.5) is 9.18 Å². The third kappa shape index (κ3) is 3.36. The van der Waals surface area contributed by atoms with Crippen molar-refractivity contribution in [1.82, 2.24) is 5.32 Å². The van der Waals surface area contributed by atoms with Crippen molar-refractivity contribution < 1.29 is 19.0 Å². The maximum atomic E-state index is 12.3. The molecule has 0 aromatic heterocycles. The van der Waals surface area contributed by atoms with Crippen molar-refractivity contribution in [3.05, 3.63) is 0 Å². The second kappa shape index (κ2) is 7.77. The Hall–Kier alpha value is -0.840. The molecule has 28 heavy (non-hydrogen) atoms. The van der Waals surface area contributed by atoms with Crippen molar-refractivity contribution in [2.75, 3.05) is 13.2 Å². The number of carbonyl (C=O) groups is 1. The Morgan fingerprint density at radius 2 is 1.82 bits per heavy atom. The summed E-state index contributed by atoms with van der Waals surface area (Å²) in [6, 6.07) is 0. The Kier molecular flexibility index (Phi) is 5.67. The first-order valence-corrected chi connectivity index (χ1v) is 11.6. The topological polar surface area (TPSA) is 58.6 Å². The van der Waals surface area contributed by atoms with Crippen LogP contribution in [0, 0.1) is 34.5 Å². The summed E-state index contributed by atoms with van der Waals surface area (Å²) in [5, 5.41) is 12.9. The Balaban J connectivity index is 1.44. The van der Waals surface area contributed by atoms with Gasteiger partial charge in [-0.15, -0.1) is 0 Å². The lowest BCUT2D eigenvalue weighted by molar-refractivity contribution is -0.134. The molecule has 2 N–H and O–H groups in total. The monoisotopic (exact) mass is 395 g/mol. The number of halogens is 1. The fourth-order valence-electron chi connectivity index (χ4n) is 7.81. The number of rotatable bonds is 4. The summed E-state index contributed by atoms with van der Waals surface area (Å²) in [5.74, 6) is 2.81. The van der Waals surface area contributed by atoms with Crippen LogP contribution in [0.5, 0.6) is 0 Å². The molecule has 0 aromatic rings. The summed E-state index contributed by atoms with van der Waals surface area (Å²) in [6.07, 6.45) is 9.97. The Bertz CT molecular complexity index is 586. The lowest BCUT2D eigenvalue weighted by Crippen LogP contribution is -2.54. The summed E-state index contributed by atoms with van der Waals surface area (Å²) in [7, 11) is 0. The van der Waals surface area contributed by atoms with Crippen molar-refractivity contribution in [2.24, 2.45) is 34.5 Å². The molecule has 0 radical (unpaired) electrons. The highest BCUT2D eigenvalue weighted by Gasteiger charge is 2.61. The van der Waals surface area contributed by atoms with E-state index in [0.29, 0.717) is 30.2 Å².